The van der Waals surface area contributed by atoms with E-state index in [1.807, 2.05) is 13.8 Å². The number of ether oxygens (including phenoxy) is 9. The monoisotopic (exact) mass is 874 g/mol. The number of aliphatic hydroxyl groups excluding tert-OH is 2. The fourth-order valence-electron chi connectivity index (χ4n) is 12.5. The molecule has 9 heterocycles. The highest BCUT2D eigenvalue weighted by atomic mass is 16.8. The Morgan fingerprint density at radius 2 is 1.50 bits per heavy atom. The number of hydrogen-bond donors (Lipinski definition) is 4. The number of ketones is 1. The number of aliphatic hydroxyl groups is 4. The highest BCUT2D eigenvalue weighted by Gasteiger charge is 2.65. The van der Waals surface area contributed by atoms with Crippen LogP contribution in [0.2, 0.25) is 0 Å². The van der Waals surface area contributed by atoms with Crippen LogP contribution in [0.25, 0.3) is 0 Å². The van der Waals surface area contributed by atoms with Crippen LogP contribution in [0.15, 0.2) is 23.8 Å². The van der Waals surface area contributed by atoms with Crippen LogP contribution in [0.5, 0.6) is 0 Å². The van der Waals surface area contributed by atoms with Gasteiger partial charge in [0.15, 0.2) is 23.5 Å². The summed E-state index contributed by atoms with van der Waals surface area (Å²) in [4.78, 5) is 28.0. The lowest BCUT2D eigenvalue weighted by molar-refractivity contribution is -0.359. The zero-order chi connectivity index (χ0) is 44.3. The van der Waals surface area contributed by atoms with Gasteiger partial charge in [0.1, 0.15) is 36.1 Å². The molecule has 4 N–H and O–H groups in total. The van der Waals surface area contributed by atoms with Gasteiger partial charge in [0, 0.05) is 38.5 Å². The Hall–Kier alpha value is -1.86. The molecule has 62 heavy (non-hydrogen) atoms. The number of fused-ring (bicyclic) bond motifs is 10. The molecule has 0 aromatic carbocycles. The first-order valence-corrected chi connectivity index (χ1v) is 23.4. The fourth-order valence-corrected chi connectivity index (χ4v) is 12.5. The highest BCUT2D eigenvalue weighted by Crippen LogP contribution is 2.55. The number of rotatable bonds is 1. The molecule has 2 spiro atoms. The van der Waals surface area contributed by atoms with Gasteiger partial charge in [0.25, 0.3) is 0 Å². The van der Waals surface area contributed by atoms with E-state index in [0.29, 0.717) is 64.2 Å². The van der Waals surface area contributed by atoms with E-state index >= 15 is 0 Å². The van der Waals surface area contributed by atoms with Crippen LogP contribution < -0.4 is 0 Å². The largest absolute Gasteiger partial charge is 0.456 e. The van der Waals surface area contributed by atoms with Gasteiger partial charge in [-0.15, -0.1) is 0 Å². The Morgan fingerprint density at radius 1 is 0.726 bits per heavy atom. The van der Waals surface area contributed by atoms with Crippen molar-refractivity contribution < 1.29 is 72.6 Å². The van der Waals surface area contributed by atoms with E-state index in [1.165, 1.54) is 6.08 Å². The average molecular weight is 875 g/mol. The number of carbonyl (C=O) groups excluding carboxylic acids is 2. The smallest absolute Gasteiger partial charge is 0.311 e. The maximum Gasteiger partial charge on any atom is 0.311 e. The number of Topliss-reactive ketones (excluding diaryl/α,β-unsaturated/α-hetero) is 1. The second kappa shape index (κ2) is 15.9. The summed E-state index contributed by atoms with van der Waals surface area (Å²) in [5.41, 5.74) is -1.45. The number of carbonyl (C=O) groups is 2. The van der Waals surface area contributed by atoms with Crippen molar-refractivity contribution >= 4 is 11.8 Å². The summed E-state index contributed by atoms with van der Waals surface area (Å²) < 4.78 is 58.4. The molecule has 15 nitrogen and oxygen atoms in total. The van der Waals surface area contributed by atoms with Crippen molar-refractivity contribution in [3.63, 3.8) is 0 Å². The van der Waals surface area contributed by atoms with Crippen LogP contribution >= 0.6 is 0 Å². The third-order valence-corrected chi connectivity index (χ3v) is 16.0. The first-order valence-electron chi connectivity index (χ1n) is 23.4. The van der Waals surface area contributed by atoms with Crippen LogP contribution in [0.1, 0.15) is 138 Å². The Balaban J connectivity index is 1.02. The summed E-state index contributed by atoms with van der Waals surface area (Å²) in [6.07, 6.45) is 4.32. The predicted molar refractivity (Wildman–Crippen MR) is 219 cm³/mol. The molecule has 9 aliphatic rings. The van der Waals surface area contributed by atoms with Gasteiger partial charge in [0.05, 0.1) is 42.0 Å². The summed E-state index contributed by atoms with van der Waals surface area (Å²) in [6.45, 7) is 13.7. The van der Waals surface area contributed by atoms with Gasteiger partial charge in [-0.1, -0.05) is 31.6 Å². The molecule has 8 saturated heterocycles. The van der Waals surface area contributed by atoms with E-state index in [0.717, 1.165) is 18.4 Å². The minimum Gasteiger partial charge on any atom is -0.456 e. The lowest BCUT2D eigenvalue weighted by Gasteiger charge is -2.47. The number of hydrogen-bond acceptors (Lipinski definition) is 15. The molecule has 10 bridgehead atoms. The molecule has 9 aliphatic heterocycles. The average Bonchev–Trinajstić information content (AvgIpc) is 4.02. The quantitative estimate of drug-likeness (QED) is 0.267. The topological polar surface area (TPSA) is 198 Å². The second-order valence-electron chi connectivity index (χ2n) is 21.5. The summed E-state index contributed by atoms with van der Waals surface area (Å²) in [6, 6.07) is 0. The minimum absolute atomic E-state index is 0.000238. The molecule has 0 aromatic rings. The zero-order valence-electron chi connectivity index (χ0n) is 37.5. The second-order valence-corrected chi connectivity index (χ2v) is 21.5. The number of esters is 1. The third-order valence-electron chi connectivity index (χ3n) is 16.0. The van der Waals surface area contributed by atoms with Crippen LogP contribution in [-0.4, -0.2) is 134 Å². The van der Waals surface area contributed by atoms with Gasteiger partial charge < -0.3 is 63.1 Å². The molecule has 19 unspecified atom stereocenters. The Bertz CT molecular complexity index is 1810. The molecule has 19 atom stereocenters. The summed E-state index contributed by atoms with van der Waals surface area (Å²) in [5, 5.41) is 47.0. The van der Waals surface area contributed by atoms with E-state index in [-0.39, 0.29) is 43.2 Å². The normalized spacial score (nSPS) is 54.9. The van der Waals surface area contributed by atoms with Gasteiger partial charge >= 0.3 is 5.97 Å². The first kappa shape index (κ1) is 45.3. The van der Waals surface area contributed by atoms with Gasteiger partial charge in [-0.25, -0.2) is 0 Å². The van der Waals surface area contributed by atoms with Crippen molar-refractivity contribution in [2.75, 3.05) is 6.61 Å². The van der Waals surface area contributed by atoms with E-state index < -0.39 is 101 Å². The van der Waals surface area contributed by atoms with Gasteiger partial charge in [0.2, 0.25) is 11.6 Å². The number of allylic oxidation sites excluding steroid dienone is 3. The molecular formula is C47H70O15. The molecule has 0 radical (unpaired) electrons. The van der Waals surface area contributed by atoms with Crippen molar-refractivity contribution in [2.24, 2.45) is 17.8 Å². The summed E-state index contributed by atoms with van der Waals surface area (Å²) in [7, 11) is 0. The highest BCUT2D eigenvalue weighted by molar-refractivity contribution is 5.86. The molecule has 0 amide bonds. The Labute approximate surface area is 365 Å². The van der Waals surface area contributed by atoms with E-state index in [1.54, 1.807) is 19.9 Å². The summed E-state index contributed by atoms with van der Waals surface area (Å²) in [5.74, 6) is -8.22. The maximum atomic E-state index is 14.1. The fraction of sp³-hybridized carbons (Fsp3) is 0.872. The van der Waals surface area contributed by atoms with E-state index in [4.69, 9.17) is 42.6 Å². The lowest BCUT2D eigenvalue weighted by Crippen LogP contribution is -2.59. The van der Waals surface area contributed by atoms with Gasteiger partial charge in [-0.05, 0) is 104 Å². The standard InChI is InChI=1S/C47H70O15/c1-26-10-17-45(52)35(22-36(60-45)47(53)38(49)28(3)13-20-54-47)55-40(51)29(4)31-9-8-14-44(56-31)16-11-32(57-44)39(50)43(7)24-30(48)37(61-43)33-25-42(6)18-19-46(58-33,62-42)34-12-15-41(5,59-34)23-27(2)21-26/h10,17,21,27-29,31-39,49-50,52-53H,8-9,11-16,18-20,22-25H2,1-7H3. The van der Waals surface area contributed by atoms with Crippen LogP contribution in [0.4, 0.5) is 0 Å². The zero-order valence-corrected chi connectivity index (χ0v) is 37.5. The van der Waals surface area contributed by atoms with Crippen LogP contribution in [-0.2, 0) is 52.2 Å². The first-order chi connectivity index (χ1) is 29.1. The van der Waals surface area contributed by atoms with E-state index in [2.05, 4.69) is 26.8 Å². The molecule has 8 fully saturated rings. The Morgan fingerprint density at radius 3 is 2.29 bits per heavy atom. The van der Waals surface area contributed by atoms with Crippen LogP contribution in [0.3, 0.4) is 0 Å². The van der Waals surface area contributed by atoms with Crippen molar-refractivity contribution in [2.45, 2.75) is 233 Å². The SMILES string of the molecule is CC1=CC(C)CC2(C)CCC(O2)C23CCC(C)(CC(O2)C2OC(C)(CC2=O)C(O)C2CCC4(CCCC(O4)C(C)C(=O)OC4CC(C5(O)OCCC(C)C5O)OC4(O)C=C1)O2)O3. The third kappa shape index (κ3) is 7.99. The van der Waals surface area contributed by atoms with Crippen molar-refractivity contribution in [3.05, 3.63) is 23.8 Å². The predicted octanol–water partition coefficient (Wildman–Crippen LogP) is 4.57. The Kier molecular flexibility index (Phi) is 11.6. The molecule has 0 saturated carbocycles. The van der Waals surface area contributed by atoms with Crippen molar-refractivity contribution in [1.29, 1.82) is 0 Å². The molecule has 0 aromatic heterocycles. The molecule has 348 valence electrons. The molecule has 9 rings (SSSR count). The van der Waals surface area contributed by atoms with Crippen molar-refractivity contribution in [1.82, 2.24) is 0 Å². The lowest BCUT2D eigenvalue weighted by atomic mass is 9.87. The van der Waals surface area contributed by atoms with E-state index in [9.17, 15) is 30.0 Å². The van der Waals surface area contributed by atoms with Crippen molar-refractivity contribution in [3.8, 4) is 0 Å². The minimum atomic E-state index is -2.17. The molecule has 0 aliphatic carbocycles. The van der Waals surface area contributed by atoms with Gasteiger partial charge in [-0.2, -0.15) is 0 Å². The molecule has 15 heteroatoms. The maximum absolute atomic E-state index is 14.1. The summed E-state index contributed by atoms with van der Waals surface area (Å²) >= 11 is 0. The van der Waals surface area contributed by atoms with Gasteiger partial charge in [-0.3, -0.25) is 9.59 Å². The van der Waals surface area contributed by atoms with Crippen LogP contribution in [0, 0.1) is 17.8 Å². The molecular weight excluding hydrogens is 805 g/mol.